The standard InChI is InChI=1S/C10H11Cl2N/c1-10(5-6-13-10)9-7(11)3-2-4-8(9)12/h2-4,13H,5-6H2,1H3. The molecule has 1 nitrogen and oxygen atoms in total. The molecular formula is C10H11Cl2N. The lowest BCUT2D eigenvalue weighted by atomic mass is 9.83. The molecule has 1 saturated heterocycles. The fourth-order valence-corrected chi connectivity index (χ4v) is 2.55. The summed E-state index contributed by atoms with van der Waals surface area (Å²) < 4.78 is 0. The molecule has 1 atom stereocenters. The number of rotatable bonds is 1. The molecule has 0 saturated carbocycles. The minimum Gasteiger partial charge on any atom is -0.307 e. The van der Waals surface area contributed by atoms with Crippen LogP contribution < -0.4 is 5.32 Å². The van der Waals surface area contributed by atoms with E-state index in [1.807, 2.05) is 18.2 Å². The minimum absolute atomic E-state index is 0.0184. The zero-order valence-corrected chi connectivity index (χ0v) is 8.91. The van der Waals surface area contributed by atoms with Gasteiger partial charge in [0.15, 0.2) is 0 Å². The van der Waals surface area contributed by atoms with E-state index in [0.717, 1.165) is 28.6 Å². The highest BCUT2D eigenvalue weighted by Gasteiger charge is 2.36. The van der Waals surface area contributed by atoms with E-state index in [0.29, 0.717) is 0 Å². The third-order valence-corrected chi connectivity index (χ3v) is 3.28. The predicted molar refractivity (Wildman–Crippen MR) is 56.4 cm³/mol. The maximum atomic E-state index is 6.10. The molecule has 3 heteroatoms. The molecule has 1 aromatic rings. The molecule has 1 N–H and O–H groups in total. The van der Waals surface area contributed by atoms with Crippen molar-refractivity contribution >= 4 is 23.2 Å². The van der Waals surface area contributed by atoms with E-state index in [4.69, 9.17) is 23.2 Å². The van der Waals surface area contributed by atoms with Crippen molar-refractivity contribution in [2.45, 2.75) is 18.9 Å². The number of benzene rings is 1. The smallest absolute Gasteiger partial charge is 0.0471 e. The first-order valence-electron chi connectivity index (χ1n) is 4.33. The van der Waals surface area contributed by atoms with Crippen LogP contribution >= 0.6 is 23.2 Å². The second-order valence-electron chi connectivity index (χ2n) is 3.61. The van der Waals surface area contributed by atoms with Gasteiger partial charge in [0.1, 0.15) is 0 Å². The molecule has 1 aromatic carbocycles. The van der Waals surface area contributed by atoms with Crippen LogP contribution in [0.2, 0.25) is 10.0 Å². The van der Waals surface area contributed by atoms with Crippen LogP contribution in [0.3, 0.4) is 0 Å². The van der Waals surface area contributed by atoms with Crippen LogP contribution in [0.1, 0.15) is 18.9 Å². The van der Waals surface area contributed by atoms with Gasteiger partial charge < -0.3 is 5.32 Å². The number of hydrogen-bond donors (Lipinski definition) is 1. The quantitative estimate of drug-likeness (QED) is 0.760. The Kier molecular flexibility index (Phi) is 2.26. The Hall–Kier alpha value is -0.240. The Labute approximate surface area is 88.0 Å². The SMILES string of the molecule is CC1(c2c(Cl)cccc2Cl)CCN1. The zero-order chi connectivity index (χ0) is 9.47. The Morgan fingerprint density at radius 2 is 1.85 bits per heavy atom. The predicted octanol–water partition coefficient (Wildman–Crippen LogP) is 3.20. The van der Waals surface area contributed by atoms with Gasteiger partial charge in [-0.15, -0.1) is 0 Å². The number of nitrogens with one attached hydrogen (secondary N) is 1. The summed E-state index contributed by atoms with van der Waals surface area (Å²) >= 11 is 12.2. The van der Waals surface area contributed by atoms with Crippen molar-refractivity contribution in [2.75, 3.05) is 6.54 Å². The summed E-state index contributed by atoms with van der Waals surface area (Å²) in [5.74, 6) is 0. The number of hydrogen-bond acceptors (Lipinski definition) is 1. The van der Waals surface area contributed by atoms with E-state index in [-0.39, 0.29) is 5.54 Å². The van der Waals surface area contributed by atoms with Gasteiger partial charge >= 0.3 is 0 Å². The molecule has 1 fully saturated rings. The van der Waals surface area contributed by atoms with Crippen molar-refractivity contribution in [2.24, 2.45) is 0 Å². The Bertz CT molecular complexity index is 311. The molecule has 1 heterocycles. The molecule has 0 spiro atoms. The van der Waals surface area contributed by atoms with E-state index in [9.17, 15) is 0 Å². The summed E-state index contributed by atoms with van der Waals surface area (Å²) in [5.41, 5.74) is 1.01. The van der Waals surface area contributed by atoms with E-state index >= 15 is 0 Å². The third kappa shape index (κ3) is 1.45. The minimum atomic E-state index is -0.0184. The first kappa shape index (κ1) is 9.32. The molecule has 0 radical (unpaired) electrons. The second-order valence-corrected chi connectivity index (χ2v) is 4.42. The molecule has 2 rings (SSSR count). The van der Waals surface area contributed by atoms with Gasteiger partial charge in [-0.25, -0.2) is 0 Å². The Morgan fingerprint density at radius 1 is 1.31 bits per heavy atom. The molecule has 0 amide bonds. The first-order valence-corrected chi connectivity index (χ1v) is 5.09. The third-order valence-electron chi connectivity index (χ3n) is 2.65. The number of halogens is 2. The highest BCUT2D eigenvalue weighted by molar-refractivity contribution is 6.36. The van der Waals surface area contributed by atoms with Gasteiger partial charge in [0, 0.05) is 21.1 Å². The molecule has 1 aliphatic heterocycles. The maximum Gasteiger partial charge on any atom is 0.0471 e. The van der Waals surface area contributed by atoms with Crippen molar-refractivity contribution in [3.8, 4) is 0 Å². The van der Waals surface area contributed by atoms with Gasteiger partial charge in [-0.05, 0) is 32.0 Å². The lowest BCUT2D eigenvalue weighted by Crippen LogP contribution is -2.52. The van der Waals surface area contributed by atoms with E-state index in [2.05, 4.69) is 12.2 Å². The van der Waals surface area contributed by atoms with Crippen LogP contribution in [-0.4, -0.2) is 6.54 Å². The first-order chi connectivity index (χ1) is 6.13. The van der Waals surface area contributed by atoms with Gasteiger partial charge in [0.2, 0.25) is 0 Å². The lowest BCUT2D eigenvalue weighted by molar-refractivity contribution is 0.237. The van der Waals surface area contributed by atoms with Crippen molar-refractivity contribution in [3.05, 3.63) is 33.8 Å². The fraction of sp³-hybridized carbons (Fsp3) is 0.400. The summed E-state index contributed by atoms with van der Waals surface area (Å²) in [4.78, 5) is 0. The zero-order valence-electron chi connectivity index (χ0n) is 7.40. The molecule has 70 valence electrons. The van der Waals surface area contributed by atoms with Gasteiger partial charge in [0.25, 0.3) is 0 Å². The molecule has 1 aliphatic rings. The van der Waals surface area contributed by atoms with Crippen LogP contribution in [0.5, 0.6) is 0 Å². The average Bonchev–Trinajstić information content (AvgIpc) is 2.01. The Balaban J connectivity index is 2.49. The fourth-order valence-electron chi connectivity index (χ4n) is 1.74. The second kappa shape index (κ2) is 3.16. The summed E-state index contributed by atoms with van der Waals surface area (Å²) in [6.45, 7) is 3.17. The topological polar surface area (TPSA) is 12.0 Å². The Morgan fingerprint density at radius 3 is 2.23 bits per heavy atom. The van der Waals surface area contributed by atoms with Gasteiger partial charge in [-0.3, -0.25) is 0 Å². The van der Waals surface area contributed by atoms with Gasteiger partial charge in [-0.1, -0.05) is 29.3 Å². The van der Waals surface area contributed by atoms with E-state index < -0.39 is 0 Å². The van der Waals surface area contributed by atoms with Crippen molar-refractivity contribution < 1.29 is 0 Å². The normalized spacial score (nSPS) is 27.0. The van der Waals surface area contributed by atoms with Crippen molar-refractivity contribution in [3.63, 3.8) is 0 Å². The molecule has 13 heavy (non-hydrogen) atoms. The summed E-state index contributed by atoms with van der Waals surface area (Å²) in [7, 11) is 0. The highest BCUT2D eigenvalue weighted by Crippen LogP contribution is 2.39. The molecule has 0 aliphatic carbocycles. The average molecular weight is 216 g/mol. The molecular weight excluding hydrogens is 205 g/mol. The van der Waals surface area contributed by atoms with E-state index in [1.54, 1.807) is 0 Å². The monoisotopic (exact) mass is 215 g/mol. The van der Waals surface area contributed by atoms with Crippen LogP contribution in [-0.2, 0) is 5.54 Å². The molecule has 1 unspecified atom stereocenters. The summed E-state index contributed by atoms with van der Waals surface area (Å²) in [6.07, 6.45) is 1.09. The van der Waals surface area contributed by atoms with Crippen LogP contribution in [0.4, 0.5) is 0 Å². The maximum absolute atomic E-state index is 6.10. The van der Waals surface area contributed by atoms with Crippen molar-refractivity contribution in [1.29, 1.82) is 0 Å². The van der Waals surface area contributed by atoms with Crippen LogP contribution in [0.15, 0.2) is 18.2 Å². The summed E-state index contributed by atoms with van der Waals surface area (Å²) in [6, 6.07) is 5.64. The van der Waals surface area contributed by atoms with Crippen LogP contribution in [0.25, 0.3) is 0 Å². The van der Waals surface area contributed by atoms with Crippen LogP contribution in [0, 0.1) is 0 Å². The van der Waals surface area contributed by atoms with Crippen molar-refractivity contribution in [1.82, 2.24) is 5.32 Å². The van der Waals surface area contributed by atoms with Gasteiger partial charge in [-0.2, -0.15) is 0 Å². The molecule has 0 aromatic heterocycles. The highest BCUT2D eigenvalue weighted by atomic mass is 35.5. The largest absolute Gasteiger partial charge is 0.307 e. The van der Waals surface area contributed by atoms with Gasteiger partial charge in [0.05, 0.1) is 0 Å². The summed E-state index contributed by atoms with van der Waals surface area (Å²) in [5, 5.41) is 4.86. The molecule has 0 bridgehead atoms. The van der Waals surface area contributed by atoms with E-state index in [1.165, 1.54) is 0 Å². The lowest BCUT2D eigenvalue weighted by Gasteiger charge is -2.41.